The Hall–Kier alpha value is -2.42. The van der Waals surface area contributed by atoms with Crippen molar-refractivity contribution >= 4 is 17.7 Å². The van der Waals surface area contributed by atoms with Crippen LogP contribution in [-0.2, 0) is 16.1 Å². The first-order chi connectivity index (χ1) is 15.5. The number of aryl methyl sites for hydroxylation is 1. The molecular formula is C24H30F3N3O3. The number of aliphatic carboxylic acids is 1. The van der Waals surface area contributed by atoms with E-state index in [1.54, 1.807) is 0 Å². The number of likely N-dealkylation sites (tertiary alicyclic amines) is 1. The van der Waals surface area contributed by atoms with E-state index in [1.165, 1.54) is 24.0 Å². The molecule has 3 atom stereocenters. The van der Waals surface area contributed by atoms with Crippen LogP contribution in [-0.4, -0.2) is 64.0 Å². The number of rotatable bonds is 4. The van der Waals surface area contributed by atoms with Crippen molar-refractivity contribution in [3.8, 4) is 0 Å². The molecule has 2 heterocycles. The maximum Gasteiger partial charge on any atom is 0.490 e. The largest absolute Gasteiger partial charge is 0.490 e. The van der Waals surface area contributed by atoms with Crippen LogP contribution >= 0.6 is 0 Å². The smallest absolute Gasteiger partial charge is 0.475 e. The number of carboxylic acids is 1. The van der Waals surface area contributed by atoms with E-state index in [0.717, 1.165) is 50.8 Å². The summed E-state index contributed by atoms with van der Waals surface area (Å²) in [6, 6.07) is 8.66. The third-order valence-corrected chi connectivity index (χ3v) is 7.43. The van der Waals surface area contributed by atoms with Crippen molar-refractivity contribution in [2.45, 2.75) is 57.8 Å². The van der Waals surface area contributed by atoms with Gasteiger partial charge in [-0.05, 0) is 62.5 Å². The van der Waals surface area contributed by atoms with Crippen LogP contribution in [0.1, 0.15) is 43.7 Å². The van der Waals surface area contributed by atoms with Gasteiger partial charge in [-0.15, -0.1) is 0 Å². The lowest BCUT2D eigenvalue weighted by molar-refractivity contribution is -0.192. The molecule has 33 heavy (non-hydrogen) atoms. The van der Waals surface area contributed by atoms with Crippen LogP contribution in [0.5, 0.6) is 0 Å². The van der Waals surface area contributed by atoms with E-state index < -0.39 is 17.7 Å². The molecule has 0 bridgehead atoms. The first-order valence-corrected chi connectivity index (χ1v) is 11.5. The topological polar surface area (TPSA) is 73.2 Å². The summed E-state index contributed by atoms with van der Waals surface area (Å²) in [4.78, 5) is 31.9. The van der Waals surface area contributed by atoms with E-state index in [0.29, 0.717) is 17.7 Å². The lowest BCUT2D eigenvalue weighted by atomic mass is 9.85. The molecule has 1 aromatic carbocycles. The average Bonchev–Trinajstić information content (AvgIpc) is 3.31. The summed E-state index contributed by atoms with van der Waals surface area (Å²) in [5.41, 5.74) is 2.33. The van der Waals surface area contributed by atoms with Crippen LogP contribution in [0.25, 0.3) is 0 Å². The predicted octanol–water partition coefficient (Wildman–Crippen LogP) is 3.88. The van der Waals surface area contributed by atoms with Gasteiger partial charge in [0, 0.05) is 32.1 Å². The number of amidine groups is 1. The fourth-order valence-electron chi connectivity index (χ4n) is 5.50. The molecule has 5 rings (SSSR count). The number of halogens is 3. The Morgan fingerprint density at radius 1 is 1.18 bits per heavy atom. The van der Waals surface area contributed by atoms with E-state index in [-0.39, 0.29) is 0 Å². The van der Waals surface area contributed by atoms with Crippen LogP contribution < -0.4 is 0 Å². The molecule has 3 fully saturated rings. The second kappa shape index (κ2) is 8.74. The number of carbonyl (C=O) groups is 2. The van der Waals surface area contributed by atoms with E-state index in [9.17, 15) is 18.0 Å². The lowest BCUT2D eigenvalue weighted by Crippen LogP contribution is -2.47. The second-order valence-electron chi connectivity index (χ2n) is 9.77. The highest BCUT2D eigenvalue weighted by Crippen LogP contribution is 2.51. The van der Waals surface area contributed by atoms with Crippen molar-refractivity contribution in [2.24, 2.45) is 22.7 Å². The monoisotopic (exact) mass is 465 g/mol. The predicted molar refractivity (Wildman–Crippen MR) is 117 cm³/mol. The molecular weight excluding hydrogens is 435 g/mol. The fourth-order valence-corrected chi connectivity index (χ4v) is 5.50. The number of nitrogens with zero attached hydrogens (tertiary/aromatic N) is 3. The number of hydrogen-bond acceptors (Lipinski definition) is 4. The zero-order valence-corrected chi connectivity index (χ0v) is 18.9. The fraction of sp³-hybridized carbons (Fsp3) is 0.625. The molecule has 4 aliphatic rings. The van der Waals surface area contributed by atoms with Crippen molar-refractivity contribution in [1.29, 1.82) is 0 Å². The van der Waals surface area contributed by atoms with Crippen molar-refractivity contribution in [2.75, 3.05) is 19.6 Å². The summed E-state index contributed by atoms with van der Waals surface area (Å²) < 4.78 is 31.7. The van der Waals surface area contributed by atoms with Crippen LogP contribution in [0.2, 0.25) is 0 Å². The highest BCUT2D eigenvalue weighted by Gasteiger charge is 2.60. The molecule has 6 nitrogen and oxygen atoms in total. The average molecular weight is 466 g/mol. The Morgan fingerprint density at radius 2 is 1.85 bits per heavy atom. The quantitative estimate of drug-likeness (QED) is 0.733. The molecule has 1 aromatic rings. The molecule has 2 aliphatic heterocycles. The summed E-state index contributed by atoms with van der Waals surface area (Å²) in [7, 11) is 0. The van der Waals surface area contributed by atoms with Gasteiger partial charge in [0.2, 0.25) is 0 Å². The van der Waals surface area contributed by atoms with Crippen molar-refractivity contribution < 1.29 is 27.9 Å². The minimum atomic E-state index is -5.08. The van der Waals surface area contributed by atoms with Crippen LogP contribution in [0.3, 0.4) is 0 Å². The summed E-state index contributed by atoms with van der Waals surface area (Å²) in [6.07, 6.45) is -0.423. The zero-order chi connectivity index (χ0) is 24.0. The van der Waals surface area contributed by atoms with Gasteiger partial charge in [-0.1, -0.05) is 24.3 Å². The first-order valence-electron chi connectivity index (χ1n) is 11.5. The summed E-state index contributed by atoms with van der Waals surface area (Å²) in [6.45, 7) is 8.27. The second-order valence-corrected chi connectivity index (χ2v) is 9.77. The normalized spacial score (nSPS) is 29.2. The number of aliphatic imine (C=N–C) groups is 1. The van der Waals surface area contributed by atoms with E-state index >= 15 is 0 Å². The van der Waals surface area contributed by atoms with E-state index in [4.69, 9.17) is 14.9 Å². The first kappa shape index (κ1) is 23.7. The molecule has 2 saturated carbocycles. The molecule has 9 heteroatoms. The molecule has 1 amide bonds. The van der Waals surface area contributed by atoms with Crippen molar-refractivity contribution in [1.82, 2.24) is 9.80 Å². The molecule has 2 aliphatic carbocycles. The molecule has 1 spiro atoms. The van der Waals surface area contributed by atoms with Gasteiger partial charge in [0.1, 0.15) is 11.4 Å². The third kappa shape index (κ3) is 4.78. The molecule has 1 N–H and O–H groups in total. The Bertz CT molecular complexity index is 960. The van der Waals surface area contributed by atoms with Gasteiger partial charge in [-0.3, -0.25) is 19.6 Å². The Kier molecular flexibility index (Phi) is 6.28. The number of benzene rings is 1. The van der Waals surface area contributed by atoms with Gasteiger partial charge >= 0.3 is 12.1 Å². The van der Waals surface area contributed by atoms with Gasteiger partial charge in [0.15, 0.2) is 0 Å². The minimum absolute atomic E-state index is 0.312. The van der Waals surface area contributed by atoms with Crippen LogP contribution in [0.15, 0.2) is 29.3 Å². The minimum Gasteiger partial charge on any atom is -0.475 e. The molecule has 0 aromatic heterocycles. The number of carboxylic acid groups (broad SMARTS) is 1. The number of amides is 1. The summed E-state index contributed by atoms with van der Waals surface area (Å²) >= 11 is 0. The molecule has 0 unspecified atom stereocenters. The van der Waals surface area contributed by atoms with Gasteiger partial charge < -0.3 is 5.11 Å². The Balaban J connectivity index is 0.000000325. The molecule has 1 saturated heterocycles. The van der Waals surface area contributed by atoms with Crippen molar-refractivity contribution in [3.05, 3.63) is 35.4 Å². The maximum atomic E-state index is 13.4. The number of carbonyl (C=O) groups excluding carboxylic acids is 1. The summed E-state index contributed by atoms with van der Waals surface area (Å²) in [5.74, 6) is 0.274. The SMILES string of the molecule is CC1=N[C@@]2(CC[C@@H]3CN(Cc4ccccc4C)C[C@@H]32)C(=O)N1CC1CC1.O=C(O)C(F)(F)F. The Morgan fingerprint density at radius 3 is 2.45 bits per heavy atom. The molecule has 0 radical (unpaired) electrons. The third-order valence-electron chi connectivity index (χ3n) is 7.43. The summed E-state index contributed by atoms with van der Waals surface area (Å²) in [5, 5.41) is 7.12. The van der Waals surface area contributed by atoms with Crippen LogP contribution in [0, 0.1) is 24.7 Å². The highest BCUT2D eigenvalue weighted by atomic mass is 19.4. The zero-order valence-electron chi connectivity index (χ0n) is 18.9. The van der Waals surface area contributed by atoms with E-state index in [2.05, 4.69) is 36.1 Å². The van der Waals surface area contributed by atoms with Gasteiger partial charge in [0.25, 0.3) is 5.91 Å². The maximum absolute atomic E-state index is 13.4. The molecule has 180 valence electrons. The highest BCUT2D eigenvalue weighted by molar-refractivity contribution is 6.07. The number of hydrogen-bond donors (Lipinski definition) is 1. The van der Waals surface area contributed by atoms with Gasteiger partial charge in [-0.2, -0.15) is 13.2 Å². The Labute approximate surface area is 191 Å². The van der Waals surface area contributed by atoms with Crippen molar-refractivity contribution in [3.63, 3.8) is 0 Å². The lowest BCUT2D eigenvalue weighted by Gasteiger charge is -2.28. The van der Waals surface area contributed by atoms with Gasteiger partial charge in [0.05, 0.1) is 0 Å². The van der Waals surface area contributed by atoms with E-state index in [1.807, 2.05) is 11.8 Å². The number of alkyl halides is 3. The standard InChI is InChI=1S/C22H29N3O.C2HF3O2/c1-15-5-3-4-6-18(15)12-24-13-19-9-10-22(20(19)14-24)21(26)25(16(2)23-22)11-17-7-8-17;3-2(4,5)1(6)7/h3-6,17,19-20H,7-14H2,1-2H3;(H,6,7)/t19-,20+,22-;/m1./s1. The van der Waals surface area contributed by atoms with Crippen LogP contribution in [0.4, 0.5) is 13.2 Å². The van der Waals surface area contributed by atoms with Gasteiger partial charge in [-0.25, -0.2) is 4.79 Å². The number of fused-ring (bicyclic) bond motifs is 2.